The Kier molecular flexibility index (Phi) is 10.3. The van der Waals surface area contributed by atoms with Gasteiger partial charge in [-0.15, -0.1) is 0 Å². The number of hydrogen-bond acceptors (Lipinski definition) is 10. The predicted octanol–water partition coefficient (Wildman–Crippen LogP) is 4.71. The molecule has 13 atom stereocenters. The van der Waals surface area contributed by atoms with Crippen molar-refractivity contribution in [3.8, 4) is 0 Å². The Morgan fingerprint density at radius 3 is 2.26 bits per heavy atom. The summed E-state index contributed by atoms with van der Waals surface area (Å²) in [5, 5.41) is 6.98. The highest BCUT2D eigenvalue weighted by Gasteiger charge is 2.67. The highest BCUT2D eigenvalue weighted by Crippen LogP contribution is 2.69. The van der Waals surface area contributed by atoms with E-state index in [0.29, 0.717) is 6.42 Å². The molecular formula is C37H58N2O8. The largest absolute Gasteiger partial charge is 0.469 e. The van der Waals surface area contributed by atoms with Gasteiger partial charge >= 0.3 is 23.9 Å². The van der Waals surface area contributed by atoms with Gasteiger partial charge in [-0.2, -0.15) is 0 Å². The lowest BCUT2D eigenvalue weighted by molar-refractivity contribution is -0.225. The van der Waals surface area contributed by atoms with Crippen LogP contribution in [0.3, 0.4) is 0 Å². The van der Waals surface area contributed by atoms with Crippen molar-refractivity contribution in [2.45, 2.75) is 142 Å². The molecule has 0 amide bonds. The minimum atomic E-state index is -0.318. The van der Waals surface area contributed by atoms with Crippen LogP contribution in [0.2, 0.25) is 0 Å². The molecule has 10 nitrogen and oxygen atoms in total. The summed E-state index contributed by atoms with van der Waals surface area (Å²) < 4.78 is 24.0. The average Bonchev–Trinajstić information content (AvgIpc) is 3.40. The van der Waals surface area contributed by atoms with Gasteiger partial charge in [0.15, 0.2) is 0 Å². The average molecular weight is 659 g/mol. The van der Waals surface area contributed by atoms with Crippen LogP contribution in [0.25, 0.3) is 0 Å². The molecule has 0 aromatic rings. The maximum atomic E-state index is 13.8. The molecule has 0 unspecified atom stereocenters. The number of nitrogens with one attached hydrogen (secondary N) is 2. The van der Waals surface area contributed by atoms with Gasteiger partial charge in [0.2, 0.25) is 0 Å². The lowest BCUT2D eigenvalue weighted by Gasteiger charge is -2.64. The van der Waals surface area contributed by atoms with Gasteiger partial charge in [-0.05, 0) is 99.2 Å². The second kappa shape index (κ2) is 14.0. The van der Waals surface area contributed by atoms with E-state index in [-0.39, 0.29) is 114 Å². The Morgan fingerprint density at radius 2 is 1.60 bits per heavy atom. The molecule has 4 bridgehead atoms. The fourth-order valence-electron chi connectivity index (χ4n) is 11.8. The molecule has 7 aliphatic rings. The van der Waals surface area contributed by atoms with Gasteiger partial charge in [-0.1, -0.05) is 33.6 Å². The summed E-state index contributed by atoms with van der Waals surface area (Å²) in [7, 11) is 1.44. The molecule has 7 fully saturated rings. The standard InChI is InChI=1S/C37H58N2O8/c1-21(10-13-32(41)44-5)25-11-12-26-35-27-18-31(37(25,26)4)47-34(43)20-39-29-9-7-6-8-28(29)38-19-33(42)46-30(35)17-23-16-24(45-22(2)40)14-15-36(23,27)3/h21,23-31,35,38-39H,6-20H2,1-5H3/t21-,23+,24-,25-,26+,27+,28-,29-,30-,31+,35+,36+,37-/m1/s1. The topological polar surface area (TPSA) is 129 Å². The first-order valence-electron chi connectivity index (χ1n) is 18.5. The van der Waals surface area contributed by atoms with Gasteiger partial charge in [0, 0.05) is 36.8 Å². The molecule has 2 saturated heterocycles. The van der Waals surface area contributed by atoms with Crippen LogP contribution in [0, 0.1) is 46.3 Å². The van der Waals surface area contributed by atoms with Crippen molar-refractivity contribution < 1.29 is 38.1 Å². The summed E-state index contributed by atoms with van der Waals surface area (Å²) in [6.45, 7) is 8.73. The molecule has 0 radical (unpaired) electrons. The molecule has 0 aromatic heterocycles. The molecule has 7 rings (SSSR count). The number of carbonyl (C=O) groups is 4. The van der Waals surface area contributed by atoms with Crippen LogP contribution < -0.4 is 10.6 Å². The summed E-state index contributed by atoms with van der Waals surface area (Å²) in [6.07, 6.45) is 10.4. The van der Waals surface area contributed by atoms with Gasteiger partial charge in [0.05, 0.1) is 20.2 Å². The van der Waals surface area contributed by atoms with E-state index in [0.717, 1.165) is 77.0 Å². The van der Waals surface area contributed by atoms with Crippen molar-refractivity contribution in [2.75, 3.05) is 20.2 Å². The van der Waals surface area contributed by atoms with Gasteiger partial charge in [0.25, 0.3) is 0 Å². The Hall–Kier alpha value is -2.20. The minimum absolute atomic E-state index is 0.0514. The van der Waals surface area contributed by atoms with Crippen molar-refractivity contribution in [3.63, 3.8) is 0 Å². The van der Waals surface area contributed by atoms with Crippen molar-refractivity contribution in [1.82, 2.24) is 10.6 Å². The van der Waals surface area contributed by atoms with Crippen LogP contribution in [-0.4, -0.2) is 74.5 Å². The van der Waals surface area contributed by atoms with E-state index in [4.69, 9.17) is 18.9 Å². The summed E-state index contributed by atoms with van der Waals surface area (Å²) in [6, 6.07) is 0.179. The summed E-state index contributed by atoms with van der Waals surface area (Å²) in [5.41, 5.74) is -0.370. The van der Waals surface area contributed by atoms with Crippen LogP contribution in [0.15, 0.2) is 0 Å². The fraction of sp³-hybridized carbons (Fsp3) is 0.892. The van der Waals surface area contributed by atoms with Gasteiger partial charge in [-0.3, -0.25) is 19.2 Å². The quantitative estimate of drug-likeness (QED) is 0.317. The number of methoxy groups -OCH3 is 1. The van der Waals surface area contributed by atoms with E-state index in [9.17, 15) is 19.2 Å². The molecule has 2 N–H and O–H groups in total. The molecule has 10 heteroatoms. The SMILES string of the molecule is COC(=O)CC[C@@H](C)[C@H]1CC[C@H]2[C@@H]3[C@H]4C[C@@H]5C[C@H](OC(C)=O)CC[C@]5(C)[C@H]3C[C@H](OC(=O)CN[C@@H]3CCCC[C@H]3NCC(=O)O4)[C@]12C. The summed E-state index contributed by atoms with van der Waals surface area (Å²) in [4.78, 5) is 51.6. The highest BCUT2D eigenvalue weighted by molar-refractivity contribution is 5.73. The molecule has 5 saturated carbocycles. The monoisotopic (exact) mass is 658 g/mol. The zero-order valence-corrected chi connectivity index (χ0v) is 29.2. The second-order valence-corrected chi connectivity index (χ2v) is 16.4. The fourth-order valence-corrected chi connectivity index (χ4v) is 11.8. The third-order valence-electron chi connectivity index (χ3n) is 14.1. The number of rotatable bonds is 5. The van der Waals surface area contributed by atoms with Crippen LogP contribution in [0.5, 0.6) is 0 Å². The Balaban J connectivity index is 1.37. The molecule has 2 heterocycles. The van der Waals surface area contributed by atoms with E-state index in [1.54, 1.807) is 0 Å². The first kappa shape index (κ1) is 34.7. The highest BCUT2D eigenvalue weighted by atomic mass is 16.6. The lowest BCUT2D eigenvalue weighted by atomic mass is 9.43. The van der Waals surface area contributed by atoms with E-state index in [2.05, 4.69) is 31.4 Å². The summed E-state index contributed by atoms with van der Waals surface area (Å²) >= 11 is 0. The van der Waals surface area contributed by atoms with Crippen molar-refractivity contribution in [3.05, 3.63) is 0 Å². The van der Waals surface area contributed by atoms with Crippen molar-refractivity contribution in [2.24, 2.45) is 46.3 Å². The number of esters is 4. The van der Waals surface area contributed by atoms with E-state index >= 15 is 0 Å². The number of carbonyl (C=O) groups excluding carboxylic acids is 4. The Bertz CT molecular complexity index is 1190. The van der Waals surface area contributed by atoms with Crippen LogP contribution in [0.1, 0.15) is 111 Å². The number of ether oxygens (including phenoxy) is 4. The van der Waals surface area contributed by atoms with Gasteiger partial charge in [-0.25, -0.2) is 0 Å². The van der Waals surface area contributed by atoms with Gasteiger partial charge in [0.1, 0.15) is 18.3 Å². The predicted molar refractivity (Wildman–Crippen MR) is 174 cm³/mol. The molecule has 5 aliphatic carbocycles. The van der Waals surface area contributed by atoms with Crippen LogP contribution in [0.4, 0.5) is 0 Å². The Labute approximate surface area is 280 Å². The van der Waals surface area contributed by atoms with E-state index in [1.807, 2.05) is 0 Å². The molecular weight excluding hydrogens is 600 g/mol. The third kappa shape index (κ3) is 6.71. The third-order valence-corrected chi connectivity index (χ3v) is 14.1. The summed E-state index contributed by atoms with van der Waals surface area (Å²) in [5.74, 6) is 0.412. The molecule has 47 heavy (non-hydrogen) atoms. The smallest absolute Gasteiger partial charge is 0.320 e. The maximum Gasteiger partial charge on any atom is 0.320 e. The molecule has 264 valence electrons. The van der Waals surface area contributed by atoms with Crippen LogP contribution >= 0.6 is 0 Å². The minimum Gasteiger partial charge on any atom is -0.469 e. The zero-order valence-electron chi connectivity index (χ0n) is 29.2. The first-order valence-corrected chi connectivity index (χ1v) is 18.5. The molecule has 0 aromatic carbocycles. The molecule has 0 spiro atoms. The van der Waals surface area contributed by atoms with Crippen molar-refractivity contribution >= 4 is 23.9 Å². The van der Waals surface area contributed by atoms with Gasteiger partial charge < -0.3 is 29.6 Å². The van der Waals surface area contributed by atoms with Crippen LogP contribution in [-0.2, 0) is 38.1 Å². The first-order chi connectivity index (χ1) is 22.4. The van der Waals surface area contributed by atoms with E-state index in [1.165, 1.54) is 14.0 Å². The lowest BCUT2D eigenvalue weighted by Crippen LogP contribution is -2.63. The van der Waals surface area contributed by atoms with E-state index < -0.39 is 0 Å². The van der Waals surface area contributed by atoms with Crippen molar-refractivity contribution in [1.29, 1.82) is 0 Å². The maximum absolute atomic E-state index is 13.8. The number of hydrogen-bond donors (Lipinski definition) is 2. The normalized spacial score (nSPS) is 44.3. The second-order valence-electron chi connectivity index (χ2n) is 16.4. The Morgan fingerprint density at radius 1 is 0.915 bits per heavy atom. The molecule has 2 aliphatic heterocycles. The zero-order chi connectivity index (χ0) is 33.5. The number of fused-ring (bicyclic) bond motifs is 7.